The molecule has 1 heterocycles. The van der Waals surface area contributed by atoms with Crippen molar-refractivity contribution in [2.24, 2.45) is 0 Å². The third-order valence-corrected chi connectivity index (χ3v) is 3.26. The summed E-state index contributed by atoms with van der Waals surface area (Å²) in [5.74, 6) is 0.224. The monoisotopic (exact) mass is 317 g/mol. The summed E-state index contributed by atoms with van der Waals surface area (Å²) in [5.41, 5.74) is 2.65. The predicted molar refractivity (Wildman–Crippen MR) is 90.3 cm³/mol. The average Bonchev–Trinajstić information content (AvgIpc) is 2.53. The molecule has 0 amide bonds. The lowest BCUT2D eigenvalue weighted by atomic mass is 10.1. The molecule has 1 aromatic heterocycles. The Balaban J connectivity index is 0.000000847. The number of aryl methyl sites for hydroxylation is 1. The molecule has 0 spiro atoms. The van der Waals surface area contributed by atoms with Crippen molar-refractivity contribution < 1.29 is 4.39 Å². The number of benzene rings is 2. The number of fused-ring (bicyclic) bond motifs is 1. The average molecular weight is 318 g/mol. The Labute approximate surface area is 134 Å². The normalized spacial score (nSPS) is 10.0. The Morgan fingerprint density at radius 3 is 2.55 bits per heavy atom. The molecule has 2 aromatic carbocycles. The molecule has 3 nitrogen and oxygen atoms in total. The Morgan fingerprint density at radius 1 is 1.05 bits per heavy atom. The Hall–Kier alpha value is -2.20. The first-order valence-corrected chi connectivity index (χ1v) is 7.45. The first-order chi connectivity index (χ1) is 10.6. The van der Waals surface area contributed by atoms with Crippen LogP contribution >= 0.6 is 11.6 Å². The van der Waals surface area contributed by atoms with Crippen LogP contribution in [-0.2, 0) is 0 Å². The summed E-state index contributed by atoms with van der Waals surface area (Å²) in [4.78, 5) is 8.46. The zero-order valence-corrected chi connectivity index (χ0v) is 13.4. The minimum atomic E-state index is -0.444. The lowest BCUT2D eigenvalue weighted by Gasteiger charge is -2.09. The Bertz CT molecular complexity index is 790. The molecular weight excluding hydrogens is 301 g/mol. The highest BCUT2D eigenvalue weighted by Gasteiger charge is 2.06. The van der Waals surface area contributed by atoms with Gasteiger partial charge in [0.1, 0.15) is 18.0 Å². The van der Waals surface area contributed by atoms with Crippen molar-refractivity contribution in [3.05, 3.63) is 59.1 Å². The van der Waals surface area contributed by atoms with Gasteiger partial charge in [-0.1, -0.05) is 37.1 Å². The van der Waals surface area contributed by atoms with Crippen LogP contribution in [0.4, 0.5) is 15.9 Å². The molecule has 22 heavy (non-hydrogen) atoms. The number of halogens is 2. The van der Waals surface area contributed by atoms with E-state index in [2.05, 4.69) is 15.3 Å². The largest absolute Gasteiger partial charge is 0.340 e. The van der Waals surface area contributed by atoms with Crippen LogP contribution in [0.5, 0.6) is 0 Å². The molecule has 114 valence electrons. The lowest BCUT2D eigenvalue weighted by Crippen LogP contribution is -1.96. The lowest BCUT2D eigenvalue weighted by molar-refractivity contribution is 0.628. The summed E-state index contributed by atoms with van der Waals surface area (Å²) in [7, 11) is 0. The van der Waals surface area contributed by atoms with Gasteiger partial charge in [-0.15, -0.1) is 0 Å². The smallest absolute Gasteiger partial charge is 0.141 e. The molecule has 0 unspecified atom stereocenters. The third kappa shape index (κ3) is 3.52. The maximum Gasteiger partial charge on any atom is 0.141 e. The number of hydrogen-bond donors (Lipinski definition) is 1. The van der Waals surface area contributed by atoms with Gasteiger partial charge < -0.3 is 5.32 Å². The zero-order valence-electron chi connectivity index (χ0n) is 12.7. The molecule has 0 radical (unpaired) electrons. The van der Waals surface area contributed by atoms with Gasteiger partial charge in [0.15, 0.2) is 0 Å². The van der Waals surface area contributed by atoms with Crippen LogP contribution in [0.2, 0.25) is 5.02 Å². The quantitative estimate of drug-likeness (QED) is 0.678. The van der Waals surface area contributed by atoms with Crippen molar-refractivity contribution >= 4 is 34.0 Å². The molecule has 0 saturated carbocycles. The van der Waals surface area contributed by atoms with Crippen LogP contribution in [-0.4, -0.2) is 9.97 Å². The summed E-state index contributed by atoms with van der Waals surface area (Å²) in [6.07, 6.45) is 1.49. The van der Waals surface area contributed by atoms with Crippen molar-refractivity contribution in [1.82, 2.24) is 9.97 Å². The Morgan fingerprint density at radius 2 is 1.82 bits per heavy atom. The summed E-state index contributed by atoms with van der Waals surface area (Å²) in [6.45, 7) is 6.00. The van der Waals surface area contributed by atoms with Crippen molar-refractivity contribution in [3.63, 3.8) is 0 Å². The van der Waals surface area contributed by atoms with Gasteiger partial charge in [0.2, 0.25) is 0 Å². The van der Waals surface area contributed by atoms with Crippen LogP contribution in [0.3, 0.4) is 0 Å². The van der Waals surface area contributed by atoms with E-state index in [0.717, 1.165) is 16.5 Å². The first kappa shape index (κ1) is 16.2. The fourth-order valence-electron chi connectivity index (χ4n) is 1.98. The maximum absolute atomic E-state index is 13.2. The van der Waals surface area contributed by atoms with E-state index in [1.807, 2.05) is 39.0 Å². The second-order valence-corrected chi connectivity index (χ2v) is 4.90. The van der Waals surface area contributed by atoms with Crippen LogP contribution in [0.1, 0.15) is 19.4 Å². The van der Waals surface area contributed by atoms with Gasteiger partial charge in [-0.05, 0) is 37.3 Å². The second kappa shape index (κ2) is 7.18. The van der Waals surface area contributed by atoms with Crippen LogP contribution in [0, 0.1) is 12.7 Å². The van der Waals surface area contributed by atoms with E-state index in [1.54, 1.807) is 6.07 Å². The summed E-state index contributed by atoms with van der Waals surface area (Å²) in [6, 6.07) is 10.4. The van der Waals surface area contributed by atoms with Crippen molar-refractivity contribution in [3.8, 4) is 0 Å². The van der Waals surface area contributed by atoms with E-state index in [1.165, 1.54) is 18.5 Å². The van der Waals surface area contributed by atoms with Crippen LogP contribution < -0.4 is 5.32 Å². The van der Waals surface area contributed by atoms with E-state index in [-0.39, 0.29) is 5.02 Å². The minimum absolute atomic E-state index is 0.0737. The molecule has 0 bridgehead atoms. The van der Waals surface area contributed by atoms with Gasteiger partial charge in [0, 0.05) is 11.1 Å². The van der Waals surface area contributed by atoms with Gasteiger partial charge in [-0.2, -0.15) is 0 Å². The summed E-state index contributed by atoms with van der Waals surface area (Å²) >= 11 is 5.78. The number of rotatable bonds is 2. The first-order valence-electron chi connectivity index (χ1n) is 7.07. The van der Waals surface area contributed by atoms with Crippen LogP contribution in [0.25, 0.3) is 10.9 Å². The molecule has 0 fully saturated rings. The minimum Gasteiger partial charge on any atom is -0.340 e. The second-order valence-electron chi connectivity index (χ2n) is 4.50. The topological polar surface area (TPSA) is 37.8 Å². The zero-order chi connectivity index (χ0) is 16.1. The van der Waals surface area contributed by atoms with E-state index >= 15 is 0 Å². The van der Waals surface area contributed by atoms with Crippen molar-refractivity contribution in [2.45, 2.75) is 20.8 Å². The Kier molecular flexibility index (Phi) is 5.28. The van der Waals surface area contributed by atoms with E-state index in [9.17, 15) is 4.39 Å². The number of nitrogens with zero attached hydrogens (tertiary/aromatic N) is 2. The van der Waals surface area contributed by atoms with Gasteiger partial charge in [-0.3, -0.25) is 0 Å². The molecular formula is C17H17ClFN3. The van der Waals surface area contributed by atoms with Gasteiger partial charge in [0.05, 0.1) is 10.5 Å². The standard InChI is InChI=1S/C15H11ClFN3.C2H6/c1-9-2-5-14-11(6-9)15(19-8-18-14)20-10-3-4-13(17)12(16)7-10;1-2/h2-8H,1H3,(H,18,19,20);1-2H3. The number of anilines is 2. The molecule has 0 aliphatic heterocycles. The van der Waals surface area contributed by atoms with Gasteiger partial charge >= 0.3 is 0 Å². The summed E-state index contributed by atoms with van der Waals surface area (Å²) in [5, 5.41) is 4.12. The molecule has 0 saturated heterocycles. The maximum atomic E-state index is 13.2. The SMILES string of the molecule is CC.Cc1ccc2ncnc(Nc3ccc(F)c(Cl)c3)c2c1. The fraction of sp³-hybridized carbons (Fsp3) is 0.176. The fourth-order valence-corrected chi connectivity index (χ4v) is 2.16. The number of hydrogen-bond acceptors (Lipinski definition) is 3. The highest BCUT2D eigenvalue weighted by atomic mass is 35.5. The predicted octanol–water partition coefficient (Wildman–Crippen LogP) is 5.50. The molecule has 0 aliphatic rings. The molecule has 3 rings (SSSR count). The molecule has 3 aromatic rings. The number of aromatic nitrogens is 2. The molecule has 5 heteroatoms. The summed E-state index contributed by atoms with van der Waals surface area (Å²) < 4.78 is 13.2. The van der Waals surface area contributed by atoms with E-state index in [4.69, 9.17) is 11.6 Å². The van der Waals surface area contributed by atoms with E-state index < -0.39 is 5.82 Å². The van der Waals surface area contributed by atoms with Gasteiger partial charge in [0.25, 0.3) is 0 Å². The van der Waals surface area contributed by atoms with E-state index in [0.29, 0.717) is 11.5 Å². The highest BCUT2D eigenvalue weighted by Crippen LogP contribution is 2.26. The highest BCUT2D eigenvalue weighted by molar-refractivity contribution is 6.31. The number of nitrogens with one attached hydrogen (secondary N) is 1. The van der Waals surface area contributed by atoms with Gasteiger partial charge in [-0.25, -0.2) is 14.4 Å². The molecule has 1 N–H and O–H groups in total. The van der Waals surface area contributed by atoms with Crippen LogP contribution in [0.15, 0.2) is 42.7 Å². The molecule has 0 atom stereocenters. The van der Waals surface area contributed by atoms with Crippen molar-refractivity contribution in [2.75, 3.05) is 5.32 Å². The molecule has 0 aliphatic carbocycles. The van der Waals surface area contributed by atoms with Crippen molar-refractivity contribution in [1.29, 1.82) is 0 Å². The third-order valence-electron chi connectivity index (χ3n) is 2.97.